The molecule has 3 saturated carbocycles. The Labute approximate surface area is 105 Å². The number of hydrogen-bond donors (Lipinski definition) is 6. The van der Waals surface area contributed by atoms with Crippen molar-refractivity contribution in [3.63, 3.8) is 0 Å². The molecule has 0 bridgehead atoms. The van der Waals surface area contributed by atoms with Crippen molar-refractivity contribution in [2.24, 2.45) is 5.41 Å². The zero-order valence-electron chi connectivity index (χ0n) is 10.0. The quantitative estimate of drug-likeness (QED) is 0.296. The molecule has 0 aromatic carbocycles. The molecule has 0 aliphatic heterocycles. The Morgan fingerprint density at radius 3 is 1.44 bits per heavy atom. The van der Waals surface area contributed by atoms with Crippen molar-refractivity contribution in [2.45, 2.75) is 67.7 Å². The Morgan fingerprint density at radius 2 is 1.06 bits per heavy atom. The zero-order chi connectivity index (χ0) is 13.3. The van der Waals surface area contributed by atoms with Gasteiger partial charge in [0.2, 0.25) is 0 Å². The van der Waals surface area contributed by atoms with Crippen LogP contribution in [0.5, 0.6) is 0 Å². The van der Waals surface area contributed by atoms with Crippen LogP contribution in [0, 0.1) is 5.41 Å². The molecule has 104 valence electrons. The van der Waals surface area contributed by atoms with Crippen molar-refractivity contribution >= 4 is 0 Å². The third-order valence-electron chi connectivity index (χ3n) is 5.54. The third-order valence-corrected chi connectivity index (χ3v) is 5.54. The van der Waals surface area contributed by atoms with Gasteiger partial charge in [-0.25, -0.2) is 0 Å². The lowest BCUT2D eigenvalue weighted by atomic mass is 9.81. The van der Waals surface area contributed by atoms with Crippen molar-refractivity contribution in [1.82, 2.24) is 0 Å². The molecule has 3 aliphatic carbocycles. The maximum atomic E-state index is 10.6. The molecule has 0 radical (unpaired) electrons. The fourth-order valence-corrected chi connectivity index (χ4v) is 4.51. The average Bonchev–Trinajstić information content (AvgIpc) is 2.80. The molecule has 3 fully saturated rings. The van der Waals surface area contributed by atoms with Crippen LogP contribution in [0.15, 0.2) is 0 Å². The van der Waals surface area contributed by atoms with E-state index in [0.717, 1.165) is 19.3 Å². The lowest BCUT2D eigenvalue weighted by Gasteiger charge is -2.38. The fourth-order valence-electron chi connectivity index (χ4n) is 4.51. The summed E-state index contributed by atoms with van der Waals surface area (Å²) in [5.74, 6) is 0. The van der Waals surface area contributed by atoms with Crippen LogP contribution in [-0.2, 0) is 0 Å². The maximum Gasteiger partial charge on any atom is 0.133 e. The molecular weight excluding hydrogens is 240 g/mol. The SMILES string of the molecule is O[C@H]1[C@H](O)[C@@H](O)[C@]2(O)C3(CCCCC3)[C@]2(O)[C@@H]1O. The van der Waals surface area contributed by atoms with Crippen LogP contribution in [0.25, 0.3) is 0 Å². The van der Waals surface area contributed by atoms with Crippen LogP contribution in [0.2, 0.25) is 0 Å². The van der Waals surface area contributed by atoms with Gasteiger partial charge in [0.15, 0.2) is 0 Å². The lowest BCUT2D eigenvalue weighted by Crippen LogP contribution is -2.63. The highest BCUT2D eigenvalue weighted by atomic mass is 16.5. The lowest BCUT2D eigenvalue weighted by molar-refractivity contribution is -0.223. The molecule has 0 amide bonds. The Morgan fingerprint density at radius 1 is 0.667 bits per heavy atom. The van der Waals surface area contributed by atoms with E-state index in [1.807, 2.05) is 0 Å². The first kappa shape index (κ1) is 12.8. The monoisotopic (exact) mass is 260 g/mol. The maximum absolute atomic E-state index is 10.6. The fraction of sp³-hybridized carbons (Fsp3) is 1.00. The van der Waals surface area contributed by atoms with E-state index >= 15 is 0 Å². The van der Waals surface area contributed by atoms with E-state index in [1.54, 1.807) is 0 Å². The van der Waals surface area contributed by atoms with Crippen molar-refractivity contribution < 1.29 is 30.6 Å². The molecule has 6 N–H and O–H groups in total. The van der Waals surface area contributed by atoms with Crippen LogP contribution in [0.4, 0.5) is 0 Å². The molecule has 6 heteroatoms. The molecule has 0 aromatic heterocycles. The first-order valence-corrected chi connectivity index (χ1v) is 6.51. The Kier molecular flexibility index (Phi) is 2.45. The summed E-state index contributed by atoms with van der Waals surface area (Å²) in [5.41, 5.74) is -4.84. The predicted molar refractivity (Wildman–Crippen MR) is 59.4 cm³/mol. The van der Waals surface area contributed by atoms with Gasteiger partial charge in [-0.05, 0) is 12.8 Å². The second kappa shape index (κ2) is 3.45. The summed E-state index contributed by atoms with van der Waals surface area (Å²) in [4.78, 5) is 0. The van der Waals surface area contributed by atoms with E-state index in [2.05, 4.69) is 0 Å². The van der Waals surface area contributed by atoms with E-state index < -0.39 is 41.0 Å². The van der Waals surface area contributed by atoms with Gasteiger partial charge in [-0.15, -0.1) is 0 Å². The number of rotatable bonds is 0. The molecule has 3 aliphatic rings. The third kappa shape index (κ3) is 0.994. The van der Waals surface area contributed by atoms with Gasteiger partial charge in [-0.3, -0.25) is 0 Å². The van der Waals surface area contributed by atoms with Gasteiger partial charge < -0.3 is 30.6 Å². The van der Waals surface area contributed by atoms with Crippen LogP contribution >= 0.6 is 0 Å². The van der Waals surface area contributed by atoms with Gasteiger partial charge in [-0.1, -0.05) is 19.3 Å². The van der Waals surface area contributed by atoms with Crippen LogP contribution < -0.4 is 0 Å². The highest BCUT2D eigenvalue weighted by Gasteiger charge is 2.94. The second-order valence-corrected chi connectivity index (χ2v) is 6.05. The second-order valence-electron chi connectivity index (χ2n) is 6.05. The minimum absolute atomic E-state index is 0.480. The average molecular weight is 260 g/mol. The normalized spacial score (nSPS) is 58.3. The topological polar surface area (TPSA) is 121 Å². The minimum atomic E-state index is -1.92. The first-order chi connectivity index (χ1) is 8.34. The molecule has 0 saturated heterocycles. The minimum Gasteiger partial charge on any atom is -0.387 e. The Balaban J connectivity index is 2.05. The van der Waals surface area contributed by atoms with E-state index in [-0.39, 0.29) is 0 Å². The van der Waals surface area contributed by atoms with Crippen molar-refractivity contribution in [2.75, 3.05) is 0 Å². The van der Waals surface area contributed by atoms with Gasteiger partial charge >= 0.3 is 0 Å². The van der Waals surface area contributed by atoms with Gasteiger partial charge in [0.05, 0.1) is 0 Å². The van der Waals surface area contributed by atoms with Crippen molar-refractivity contribution in [1.29, 1.82) is 0 Å². The summed E-state index contributed by atoms with van der Waals surface area (Å²) in [6.45, 7) is 0. The summed E-state index contributed by atoms with van der Waals surface area (Å²) in [7, 11) is 0. The van der Waals surface area contributed by atoms with Crippen LogP contribution in [0.3, 0.4) is 0 Å². The van der Waals surface area contributed by atoms with E-state index in [4.69, 9.17) is 0 Å². The first-order valence-electron chi connectivity index (χ1n) is 6.51. The Hall–Kier alpha value is -0.240. The standard InChI is InChI=1S/C12H20O6/c13-6-7(14)9(16)12(18)10(4-2-1-3-5-10)11(12,17)8(6)15/h6-9,13-18H,1-5H2/t6-,7-,8+,9+,11-,12+/m0/s1. The Bertz CT molecular complexity index is 329. The van der Waals surface area contributed by atoms with Gasteiger partial charge in [-0.2, -0.15) is 0 Å². The molecule has 0 unspecified atom stereocenters. The molecule has 6 nitrogen and oxygen atoms in total. The molecule has 0 heterocycles. The molecular formula is C12H20O6. The van der Waals surface area contributed by atoms with Crippen molar-refractivity contribution in [3.8, 4) is 0 Å². The summed E-state index contributed by atoms with van der Waals surface area (Å²) in [6, 6.07) is 0. The summed E-state index contributed by atoms with van der Waals surface area (Å²) < 4.78 is 0. The smallest absolute Gasteiger partial charge is 0.133 e. The highest BCUT2D eigenvalue weighted by molar-refractivity contribution is 5.43. The molecule has 0 aromatic rings. The number of hydrogen-bond acceptors (Lipinski definition) is 6. The predicted octanol–water partition coefficient (Wildman–Crippen LogP) is -2.13. The number of aliphatic hydroxyl groups is 6. The summed E-state index contributed by atoms with van der Waals surface area (Å²) >= 11 is 0. The molecule has 18 heavy (non-hydrogen) atoms. The molecule has 3 rings (SSSR count). The van der Waals surface area contributed by atoms with Crippen LogP contribution in [-0.4, -0.2) is 66.3 Å². The van der Waals surface area contributed by atoms with Crippen LogP contribution in [0.1, 0.15) is 32.1 Å². The van der Waals surface area contributed by atoms with Gasteiger partial charge in [0, 0.05) is 5.41 Å². The van der Waals surface area contributed by atoms with Gasteiger partial charge in [0.1, 0.15) is 35.6 Å². The van der Waals surface area contributed by atoms with E-state index in [0.29, 0.717) is 12.8 Å². The van der Waals surface area contributed by atoms with E-state index in [9.17, 15) is 30.6 Å². The summed E-state index contributed by atoms with van der Waals surface area (Å²) in [5, 5.41) is 60.5. The van der Waals surface area contributed by atoms with Crippen molar-refractivity contribution in [3.05, 3.63) is 0 Å². The number of fused-ring (bicyclic) bond motifs is 3. The van der Waals surface area contributed by atoms with Gasteiger partial charge in [0.25, 0.3) is 0 Å². The largest absolute Gasteiger partial charge is 0.387 e. The van der Waals surface area contributed by atoms with E-state index in [1.165, 1.54) is 0 Å². The highest BCUT2D eigenvalue weighted by Crippen LogP contribution is 2.76. The molecule has 6 atom stereocenters. The number of aliphatic hydroxyl groups excluding tert-OH is 4. The zero-order valence-corrected chi connectivity index (χ0v) is 10.0. The summed E-state index contributed by atoms with van der Waals surface area (Å²) in [6.07, 6.45) is -3.06. The molecule has 1 spiro atoms.